The fraction of sp³-hybridized carbons (Fsp3) is 0.0526. The van der Waals surface area contributed by atoms with Gasteiger partial charge in [-0.15, -0.1) is 0 Å². The lowest BCUT2D eigenvalue weighted by molar-refractivity contribution is 0.332. The summed E-state index contributed by atoms with van der Waals surface area (Å²) in [6.07, 6.45) is 11.1. The van der Waals surface area contributed by atoms with Crippen molar-refractivity contribution in [3.63, 3.8) is 0 Å². The van der Waals surface area contributed by atoms with Crippen molar-refractivity contribution in [3.05, 3.63) is 167 Å². The first kappa shape index (κ1) is 27.1. The van der Waals surface area contributed by atoms with Gasteiger partial charge in [0.1, 0.15) is 11.5 Å². The van der Waals surface area contributed by atoms with E-state index in [-0.39, 0.29) is 5.70 Å². The van der Waals surface area contributed by atoms with Crippen LogP contribution in [0.4, 0.5) is 5.69 Å². The largest absolute Gasteiger partial charge is 0.457 e. The lowest BCUT2D eigenvalue weighted by Crippen LogP contribution is -2.07. The Morgan fingerprint density at radius 3 is 1.74 bits per heavy atom. The molecule has 43 heavy (non-hydrogen) atoms. The van der Waals surface area contributed by atoms with Crippen molar-refractivity contribution in [1.29, 1.82) is 5.26 Å². The molecular formula is C38H28N4O. The van der Waals surface area contributed by atoms with Gasteiger partial charge in [0.15, 0.2) is 0 Å². The zero-order chi connectivity index (χ0) is 29.8. The summed E-state index contributed by atoms with van der Waals surface area (Å²) in [6.45, 7) is 7.44. The van der Waals surface area contributed by atoms with Crippen LogP contribution in [0.1, 0.15) is 11.1 Å². The zero-order valence-electron chi connectivity index (χ0n) is 23.9. The van der Waals surface area contributed by atoms with E-state index in [0.717, 1.165) is 22.5 Å². The summed E-state index contributed by atoms with van der Waals surface area (Å²) in [6, 6.07) is 35.5. The van der Waals surface area contributed by atoms with Crippen LogP contribution in [0.3, 0.4) is 0 Å². The number of aromatic nitrogens is 1. The third-order valence-electron chi connectivity index (χ3n) is 7.34. The van der Waals surface area contributed by atoms with Crippen molar-refractivity contribution in [2.45, 2.75) is 0 Å². The van der Waals surface area contributed by atoms with Gasteiger partial charge in [0.25, 0.3) is 5.70 Å². The molecule has 0 aliphatic carbocycles. The maximum atomic E-state index is 9.51. The van der Waals surface area contributed by atoms with Crippen molar-refractivity contribution in [1.82, 2.24) is 4.57 Å². The summed E-state index contributed by atoms with van der Waals surface area (Å²) >= 11 is 0. The van der Waals surface area contributed by atoms with E-state index in [9.17, 15) is 5.26 Å². The minimum absolute atomic E-state index is 0.0194. The Balaban J connectivity index is 1.26. The predicted octanol–water partition coefficient (Wildman–Crippen LogP) is 9.07. The molecule has 0 N–H and O–H groups in total. The van der Waals surface area contributed by atoms with Gasteiger partial charge in [0.2, 0.25) is 0 Å². The Morgan fingerprint density at radius 1 is 0.744 bits per heavy atom. The lowest BCUT2D eigenvalue weighted by atomic mass is 10.1. The van der Waals surface area contributed by atoms with Gasteiger partial charge in [-0.3, -0.25) is 0 Å². The highest BCUT2D eigenvalue weighted by atomic mass is 16.5. The second kappa shape index (κ2) is 11.8. The topological polar surface area (TPSA) is 45.6 Å². The van der Waals surface area contributed by atoms with Crippen LogP contribution in [0.25, 0.3) is 44.5 Å². The number of nitrogens with zero attached hydrogens (tertiary/aromatic N) is 4. The van der Waals surface area contributed by atoms with E-state index in [1.807, 2.05) is 61.5 Å². The average Bonchev–Trinajstić information content (AvgIpc) is 3.38. The highest BCUT2D eigenvalue weighted by Crippen LogP contribution is 2.32. The first-order valence-corrected chi connectivity index (χ1v) is 13.9. The number of rotatable bonds is 6. The fourth-order valence-corrected chi connectivity index (χ4v) is 5.17. The van der Waals surface area contributed by atoms with Crippen LogP contribution in [-0.2, 0) is 4.74 Å². The first-order valence-electron chi connectivity index (χ1n) is 13.9. The molecule has 1 aromatic heterocycles. The number of ether oxygens (including phenoxy) is 1. The summed E-state index contributed by atoms with van der Waals surface area (Å²) in [5, 5.41) is 12.0. The van der Waals surface area contributed by atoms with E-state index in [4.69, 9.17) is 11.3 Å². The standard InChI is InChI=1S/C38H28N4O/c1-40-36(26-39)29-24-32(22-16-27-12-18-30(19-13-27)41(2)3)43-33(25-29)23-17-28-14-20-31(21-15-28)42-37-10-6-4-8-34(37)35-9-5-7-11-38(35)42/h4-25H,2-3H3/b22-16+,23-17+,36-29+. The van der Waals surface area contributed by atoms with E-state index in [1.54, 1.807) is 12.2 Å². The molecular weight excluding hydrogens is 528 g/mol. The Morgan fingerprint density at radius 2 is 1.26 bits per heavy atom. The van der Waals surface area contributed by atoms with Crippen molar-refractivity contribution in [2.75, 3.05) is 19.0 Å². The number of fused-ring (bicyclic) bond motifs is 3. The van der Waals surface area contributed by atoms with Crippen molar-refractivity contribution >= 4 is 39.6 Å². The van der Waals surface area contributed by atoms with E-state index in [0.29, 0.717) is 17.1 Å². The maximum Gasteiger partial charge on any atom is 0.269 e. The zero-order valence-corrected chi connectivity index (χ0v) is 23.9. The summed E-state index contributed by atoms with van der Waals surface area (Å²) in [5.74, 6) is 1.09. The highest BCUT2D eigenvalue weighted by molar-refractivity contribution is 6.09. The summed E-state index contributed by atoms with van der Waals surface area (Å²) in [7, 11) is 4.01. The van der Waals surface area contributed by atoms with Gasteiger partial charge in [-0.2, -0.15) is 0 Å². The number of hydrogen-bond acceptors (Lipinski definition) is 3. The number of para-hydroxylation sites is 2. The molecule has 1 aliphatic rings. The molecule has 0 radical (unpaired) electrons. The molecule has 1 aliphatic heterocycles. The van der Waals surface area contributed by atoms with Crippen LogP contribution in [0, 0.1) is 17.9 Å². The molecule has 4 aromatic carbocycles. The third-order valence-corrected chi connectivity index (χ3v) is 7.34. The van der Waals surface area contributed by atoms with Gasteiger partial charge >= 0.3 is 0 Å². The van der Waals surface area contributed by atoms with Crippen LogP contribution in [0.5, 0.6) is 0 Å². The highest BCUT2D eigenvalue weighted by Gasteiger charge is 2.13. The fourth-order valence-electron chi connectivity index (χ4n) is 5.17. The van der Waals surface area contributed by atoms with Crippen LogP contribution in [0.15, 0.2) is 144 Å². The normalized spacial score (nSPS) is 14.3. The number of hydrogen-bond donors (Lipinski definition) is 0. The lowest BCUT2D eigenvalue weighted by Gasteiger charge is -2.14. The first-order chi connectivity index (χ1) is 21.0. The van der Waals surface area contributed by atoms with Gasteiger partial charge in [0, 0.05) is 36.2 Å². The van der Waals surface area contributed by atoms with Crippen LogP contribution in [-0.4, -0.2) is 18.7 Å². The van der Waals surface area contributed by atoms with E-state index >= 15 is 0 Å². The van der Waals surface area contributed by atoms with Gasteiger partial charge in [-0.1, -0.05) is 72.8 Å². The van der Waals surface area contributed by atoms with Crippen LogP contribution >= 0.6 is 0 Å². The SMILES string of the molecule is [C-]#[N+]/C(C#N)=C1C=C(/C=C/c2ccc(N(C)C)cc2)OC(/C=C/c2ccc(-n3c4ccccc4c4ccccc43)cc2)=C\1. The van der Waals surface area contributed by atoms with Crippen LogP contribution in [0.2, 0.25) is 0 Å². The molecule has 0 saturated carbocycles. The number of anilines is 1. The quantitative estimate of drug-likeness (QED) is 0.155. The molecule has 2 heterocycles. The van der Waals surface area contributed by atoms with E-state index in [2.05, 4.69) is 94.3 Å². The number of benzene rings is 4. The molecule has 0 saturated heterocycles. The third kappa shape index (κ3) is 5.61. The van der Waals surface area contributed by atoms with E-state index in [1.165, 1.54) is 21.8 Å². The predicted molar refractivity (Wildman–Crippen MR) is 176 cm³/mol. The maximum absolute atomic E-state index is 9.51. The van der Waals surface area contributed by atoms with Gasteiger partial charge < -0.3 is 14.2 Å². The molecule has 5 aromatic rings. The Hall–Kier alpha value is -6.04. The Kier molecular flexibility index (Phi) is 7.47. The smallest absolute Gasteiger partial charge is 0.269 e. The molecule has 206 valence electrons. The van der Waals surface area contributed by atoms with Crippen LogP contribution < -0.4 is 4.90 Å². The van der Waals surface area contributed by atoms with Gasteiger partial charge in [-0.05, 0) is 77.4 Å². The Labute approximate surface area is 251 Å². The van der Waals surface area contributed by atoms with Gasteiger partial charge in [0.05, 0.1) is 23.7 Å². The number of allylic oxidation sites excluding steroid dienone is 6. The minimum atomic E-state index is 0.0194. The molecule has 0 fully saturated rings. The molecule has 5 heteroatoms. The minimum Gasteiger partial charge on any atom is -0.457 e. The van der Waals surface area contributed by atoms with E-state index < -0.39 is 0 Å². The summed E-state index contributed by atoms with van der Waals surface area (Å²) in [4.78, 5) is 5.46. The Bertz CT molecular complexity index is 2000. The average molecular weight is 557 g/mol. The molecule has 0 atom stereocenters. The monoisotopic (exact) mass is 556 g/mol. The van der Waals surface area contributed by atoms with Crippen molar-refractivity contribution < 1.29 is 4.74 Å². The van der Waals surface area contributed by atoms with Crippen molar-refractivity contribution in [3.8, 4) is 11.8 Å². The molecule has 5 nitrogen and oxygen atoms in total. The number of nitriles is 1. The summed E-state index contributed by atoms with van der Waals surface area (Å²) < 4.78 is 8.42. The van der Waals surface area contributed by atoms with Gasteiger partial charge in [-0.25, -0.2) is 10.1 Å². The molecule has 0 bridgehead atoms. The molecule has 0 spiro atoms. The van der Waals surface area contributed by atoms with Crippen molar-refractivity contribution in [2.24, 2.45) is 0 Å². The second-order valence-corrected chi connectivity index (χ2v) is 10.3. The molecule has 0 amide bonds. The summed E-state index contributed by atoms with van der Waals surface area (Å²) in [5.41, 5.74) is 7.09. The molecule has 0 unspecified atom stereocenters. The molecule has 6 rings (SSSR count). The second-order valence-electron chi connectivity index (χ2n) is 10.3.